The molecule has 1 N–H and O–H groups in total. The first kappa shape index (κ1) is 9.98. The van der Waals surface area contributed by atoms with Crippen molar-refractivity contribution < 1.29 is 4.42 Å². The molecule has 78 valence electrons. The van der Waals surface area contributed by atoms with Crippen molar-refractivity contribution in [3.05, 3.63) is 40.9 Å². The summed E-state index contributed by atoms with van der Waals surface area (Å²) in [6, 6.07) is 5.38. The summed E-state index contributed by atoms with van der Waals surface area (Å²) in [6.07, 6.45) is 1.67. The van der Waals surface area contributed by atoms with Gasteiger partial charge in [-0.05, 0) is 30.7 Å². The van der Waals surface area contributed by atoms with E-state index >= 15 is 0 Å². The van der Waals surface area contributed by atoms with E-state index in [0.29, 0.717) is 17.5 Å². The predicted octanol–water partition coefficient (Wildman–Crippen LogP) is 2.64. The third-order valence-corrected chi connectivity index (χ3v) is 2.23. The molecular weight excluding hydrogens is 214 g/mol. The van der Waals surface area contributed by atoms with E-state index in [9.17, 15) is 0 Å². The Morgan fingerprint density at radius 3 is 2.80 bits per heavy atom. The number of rotatable bonds is 3. The van der Waals surface area contributed by atoms with Crippen molar-refractivity contribution in [1.82, 2.24) is 10.2 Å². The van der Waals surface area contributed by atoms with Crippen LogP contribution in [0.5, 0.6) is 0 Å². The van der Waals surface area contributed by atoms with Crippen molar-refractivity contribution in [3.63, 3.8) is 0 Å². The minimum atomic E-state index is 0.384. The summed E-state index contributed by atoms with van der Waals surface area (Å²) in [5, 5.41) is 11.1. The molecule has 0 unspecified atom stereocenters. The summed E-state index contributed by atoms with van der Waals surface area (Å²) in [6.45, 7) is 2.59. The van der Waals surface area contributed by atoms with Crippen molar-refractivity contribution in [2.24, 2.45) is 0 Å². The number of hydrogen-bond acceptors (Lipinski definition) is 4. The first-order valence-electron chi connectivity index (χ1n) is 4.52. The van der Waals surface area contributed by atoms with E-state index in [0.717, 1.165) is 11.3 Å². The van der Waals surface area contributed by atoms with E-state index in [1.54, 1.807) is 18.4 Å². The molecule has 0 amide bonds. The number of furan rings is 1. The summed E-state index contributed by atoms with van der Waals surface area (Å²) in [5.74, 6) is 1.57. The largest absolute Gasteiger partial charge is 0.467 e. The molecule has 2 aromatic rings. The Bertz CT molecular complexity index is 438. The van der Waals surface area contributed by atoms with Crippen molar-refractivity contribution in [2.75, 3.05) is 5.32 Å². The summed E-state index contributed by atoms with van der Waals surface area (Å²) in [5.41, 5.74) is 1.12. The molecule has 0 saturated heterocycles. The van der Waals surface area contributed by atoms with Crippen molar-refractivity contribution in [1.29, 1.82) is 0 Å². The van der Waals surface area contributed by atoms with Crippen LogP contribution in [0.2, 0.25) is 5.15 Å². The molecule has 0 radical (unpaired) electrons. The maximum Gasteiger partial charge on any atom is 0.151 e. The zero-order chi connectivity index (χ0) is 10.7. The average molecular weight is 224 g/mol. The van der Waals surface area contributed by atoms with Crippen LogP contribution in [0.1, 0.15) is 11.3 Å². The molecular formula is C10H10ClN3O. The zero-order valence-electron chi connectivity index (χ0n) is 8.20. The highest BCUT2D eigenvalue weighted by Crippen LogP contribution is 2.11. The van der Waals surface area contributed by atoms with Crippen molar-refractivity contribution in [2.45, 2.75) is 13.5 Å². The van der Waals surface area contributed by atoms with Gasteiger partial charge in [0.25, 0.3) is 0 Å². The van der Waals surface area contributed by atoms with Crippen LogP contribution in [0.3, 0.4) is 0 Å². The lowest BCUT2D eigenvalue weighted by molar-refractivity contribution is 0.515. The molecule has 15 heavy (non-hydrogen) atoms. The van der Waals surface area contributed by atoms with Gasteiger partial charge in [0.15, 0.2) is 5.15 Å². The van der Waals surface area contributed by atoms with E-state index in [2.05, 4.69) is 15.5 Å². The van der Waals surface area contributed by atoms with Crippen molar-refractivity contribution in [3.8, 4) is 0 Å². The highest BCUT2D eigenvalue weighted by Gasteiger charge is 2.01. The minimum absolute atomic E-state index is 0.384. The minimum Gasteiger partial charge on any atom is -0.467 e. The van der Waals surface area contributed by atoms with Crippen LogP contribution >= 0.6 is 11.6 Å². The zero-order valence-corrected chi connectivity index (χ0v) is 8.95. The smallest absolute Gasteiger partial charge is 0.151 e. The van der Waals surface area contributed by atoms with Gasteiger partial charge in [-0.2, -0.15) is 0 Å². The molecule has 2 aromatic heterocycles. The fourth-order valence-electron chi connectivity index (χ4n) is 1.17. The molecule has 0 aliphatic carbocycles. The number of anilines is 1. The van der Waals surface area contributed by atoms with Crippen LogP contribution in [-0.2, 0) is 6.54 Å². The lowest BCUT2D eigenvalue weighted by Crippen LogP contribution is -2.02. The van der Waals surface area contributed by atoms with Gasteiger partial charge in [0, 0.05) is 0 Å². The topological polar surface area (TPSA) is 51.0 Å². The van der Waals surface area contributed by atoms with Gasteiger partial charge in [0.1, 0.15) is 11.6 Å². The first-order valence-corrected chi connectivity index (χ1v) is 4.89. The van der Waals surface area contributed by atoms with Gasteiger partial charge in [0.05, 0.1) is 12.8 Å². The number of nitrogens with zero attached hydrogens (tertiary/aromatic N) is 2. The van der Waals surface area contributed by atoms with Crippen LogP contribution < -0.4 is 5.32 Å². The molecule has 0 saturated carbocycles. The second-order valence-corrected chi connectivity index (χ2v) is 3.51. The average Bonchev–Trinajstić information content (AvgIpc) is 2.63. The van der Waals surface area contributed by atoms with E-state index < -0.39 is 0 Å². The molecule has 5 heteroatoms. The SMILES string of the molecule is Cc1ccoc1CNc1ccc(Cl)nn1. The number of nitrogens with one attached hydrogen (secondary N) is 1. The van der Waals surface area contributed by atoms with Crippen LogP contribution in [0.4, 0.5) is 5.82 Å². The number of aryl methyl sites for hydroxylation is 1. The molecule has 2 heterocycles. The third kappa shape index (κ3) is 2.47. The predicted molar refractivity (Wildman–Crippen MR) is 57.8 cm³/mol. The van der Waals surface area contributed by atoms with Gasteiger partial charge < -0.3 is 9.73 Å². The molecule has 0 aliphatic rings. The summed E-state index contributed by atoms with van der Waals surface area (Å²) < 4.78 is 5.27. The maximum absolute atomic E-state index is 5.62. The summed E-state index contributed by atoms with van der Waals surface area (Å²) >= 11 is 5.62. The van der Waals surface area contributed by atoms with Crippen molar-refractivity contribution >= 4 is 17.4 Å². The van der Waals surface area contributed by atoms with Crippen LogP contribution in [0.25, 0.3) is 0 Å². The fraction of sp³-hybridized carbons (Fsp3) is 0.200. The fourth-order valence-corrected chi connectivity index (χ4v) is 1.27. The van der Waals surface area contributed by atoms with E-state index in [-0.39, 0.29) is 0 Å². The second kappa shape index (κ2) is 4.31. The van der Waals surface area contributed by atoms with Gasteiger partial charge in [-0.25, -0.2) is 0 Å². The lowest BCUT2D eigenvalue weighted by Gasteiger charge is -2.02. The number of aromatic nitrogens is 2. The summed E-state index contributed by atoms with van der Waals surface area (Å²) in [7, 11) is 0. The molecule has 0 fully saturated rings. The summed E-state index contributed by atoms with van der Waals surface area (Å²) in [4.78, 5) is 0. The molecule has 0 bridgehead atoms. The lowest BCUT2D eigenvalue weighted by atomic mass is 10.3. The Morgan fingerprint density at radius 1 is 1.33 bits per heavy atom. The molecule has 2 rings (SSSR count). The second-order valence-electron chi connectivity index (χ2n) is 3.12. The standard InChI is InChI=1S/C10H10ClN3O/c1-7-4-5-15-8(7)6-12-10-3-2-9(11)13-14-10/h2-5H,6H2,1H3,(H,12,14). The quantitative estimate of drug-likeness (QED) is 0.869. The molecule has 0 aliphatic heterocycles. The van der Waals surface area contributed by atoms with Crippen LogP contribution in [0, 0.1) is 6.92 Å². The Labute approximate surface area is 92.3 Å². The Kier molecular flexibility index (Phi) is 2.87. The van der Waals surface area contributed by atoms with Crippen LogP contribution in [-0.4, -0.2) is 10.2 Å². The van der Waals surface area contributed by atoms with Crippen LogP contribution in [0.15, 0.2) is 28.9 Å². The Balaban J connectivity index is 1.99. The monoisotopic (exact) mass is 223 g/mol. The maximum atomic E-state index is 5.62. The Hall–Kier alpha value is -1.55. The number of hydrogen-bond donors (Lipinski definition) is 1. The number of halogens is 1. The molecule has 0 atom stereocenters. The molecule has 0 aromatic carbocycles. The highest BCUT2D eigenvalue weighted by atomic mass is 35.5. The van der Waals surface area contributed by atoms with Gasteiger partial charge in [-0.1, -0.05) is 11.6 Å². The molecule has 0 spiro atoms. The highest BCUT2D eigenvalue weighted by molar-refractivity contribution is 6.29. The van der Waals surface area contributed by atoms with Gasteiger partial charge in [0.2, 0.25) is 0 Å². The Morgan fingerprint density at radius 2 is 2.20 bits per heavy atom. The first-order chi connectivity index (χ1) is 7.25. The van der Waals surface area contributed by atoms with Gasteiger partial charge >= 0.3 is 0 Å². The van der Waals surface area contributed by atoms with E-state index in [1.165, 1.54) is 0 Å². The third-order valence-electron chi connectivity index (χ3n) is 2.03. The van der Waals surface area contributed by atoms with Gasteiger partial charge in [-0.15, -0.1) is 10.2 Å². The van der Waals surface area contributed by atoms with E-state index in [1.807, 2.05) is 13.0 Å². The molecule has 4 nitrogen and oxygen atoms in total. The van der Waals surface area contributed by atoms with E-state index in [4.69, 9.17) is 16.0 Å². The normalized spacial score (nSPS) is 10.3. The van der Waals surface area contributed by atoms with Gasteiger partial charge in [-0.3, -0.25) is 0 Å².